The fourth-order valence-electron chi connectivity index (χ4n) is 4.56. The molecule has 3 rings (SSSR count). The van der Waals surface area contributed by atoms with Crippen molar-refractivity contribution in [3.8, 4) is 0 Å². The first-order valence-corrected chi connectivity index (χ1v) is 9.96. The topological polar surface area (TPSA) is 63.3 Å². The van der Waals surface area contributed by atoms with Gasteiger partial charge in [-0.1, -0.05) is 19.3 Å². The molecular weight excluding hydrogens is 316 g/mol. The lowest BCUT2D eigenvalue weighted by atomic mass is 9.79. The average Bonchev–Trinajstić information content (AvgIpc) is 2.59. The second kappa shape index (κ2) is 7.80. The summed E-state index contributed by atoms with van der Waals surface area (Å²) in [6.07, 6.45) is 6.60. The van der Waals surface area contributed by atoms with Crippen molar-refractivity contribution in [2.75, 3.05) is 45.9 Å². The molecule has 144 valence electrons. The molecule has 0 aromatic rings. The highest BCUT2D eigenvalue weighted by Gasteiger charge is 2.42. The van der Waals surface area contributed by atoms with E-state index in [1.165, 1.54) is 32.1 Å². The minimum Gasteiger partial charge on any atom is -0.375 e. The summed E-state index contributed by atoms with van der Waals surface area (Å²) < 4.78 is 11.6. The fourth-order valence-corrected chi connectivity index (χ4v) is 4.56. The third-order valence-electron chi connectivity index (χ3n) is 5.98. The van der Waals surface area contributed by atoms with Gasteiger partial charge in [0.1, 0.15) is 0 Å². The SMILES string of the molecule is CC1CN(C(N)=NCC2(N3CCOC(C)(C)C3)CCCCC2)CCO1. The van der Waals surface area contributed by atoms with Crippen LogP contribution in [-0.2, 0) is 9.47 Å². The van der Waals surface area contributed by atoms with E-state index in [2.05, 4.69) is 30.6 Å². The summed E-state index contributed by atoms with van der Waals surface area (Å²) >= 11 is 0. The maximum Gasteiger partial charge on any atom is 0.191 e. The molecule has 3 fully saturated rings. The van der Waals surface area contributed by atoms with Crippen molar-refractivity contribution in [2.45, 2.75) is 70.1 Å². The van der Waals surface area contributed by atoms with Gasteiger partial charge in [-0.05, 0) is 33.6 Å². The maximum absolute atomic E-state index is 6.35. The van der Waals surface area contributed by atoms with Gasteiger partial charge in [-0.2, -0.15) is 0 Å². The molecule has 1 unspecified atom stereocenters. The standard InChI is InChI=1S/C19H36N4O2/c1-16-13-22(9-11-24-16)17(20)21-14-19(7-5-4-6-8-19)23-10-12-25-18(2,3)15-23/h16H,4-15H2,1-3H3,(H2,20,21). The van der Waals surface area contributed by atoms with Crippen LogP contribution in [0.2, 0.25) is 0 Å². The first kappa shape index (κ1) is 18.9. The molecule has 1 aliphatic carbocycles. The van der Waals surface area contributed by atoms with E-state index in [1.807, 2.05) is 0 Å². The number of morpholine rings is 2. The summed E-state index contributed by atoms with van der Waals surface area (Å²) in [6, 6.07) is 0. The van der Waals surface area contributed by atoms with Gasteiger partial charge in [0.05, 0.1) is 31.5 Å². The summed E-state index contributed by atoms with van der Waals surface area (Å²) in [5, 5.41) is 0. The summed E-state index contributed by atoms with van der Waals surface area (Å²) in [6.45, 7) is 12.5. The molecule has 6 nitrogen and oxygen atoms in total. The minimum atomic E-state index is -0.0718. The van der Waals surface area contributed by atoms with Gasteiger partial charge in [0.25, 0.3) is 0 Å². The third-order valence-corrected chi connectivity index (χ3v) is 5.98. The monoisotopic (exact) mass is 352 g/mol. The Labute approximate surface area is 152 Å². The smallest absolute Gasteiger partial charge is 0.191 e. The fraction of sp³-hybridized carbons (Fsp3) is 0.947. The number of nitrogens with zero attached hydrogens (tertiary/aromatic N) is 3. The van der Waals surface area contributed by atoms with Gasteiger partial charge in [0.2, 0.25) is 0 Å². The van der Waals surface area contributed by atoms with Crippen molar-refractivity contribution in [3.05, 3.63) is 0 Å². The van der Waals surface area contributed by atoms with Crippen molar-refractivity contribution < 1.29 is 9.47 Å². The van der Waals surface area contributed by atoms with Crippen LogP contribution < -0.4 is 5.73 Å². The molecule has 1 saturated carbocycles. The maximum atomic E-state index is 6.35. The molecule has 1 atom stereocenters. The van der Waals surface area contributed by atoms with Gasteiger partial charge < -0.3 is 20.1 Å². The number of guanidine groups is 1. The van der Waals surface area contributed by atoms with Gasteiger partial charge in [-0.25, -0.2) is 0 Å². The summed E-state index contributed by atoms with van der Waals surface area (Å²) in [4.78, 5) is 9.71. The van der Waals surface area contributed by atoms with E-state index in [0.717, 1.165) is 45.9 Å². The Morgan fingerprint density at radius 1 is 1.16 bits per heavy atom. The lowest BCUT2D eigenvalue weighted by Crippen LogP contribution is -2.61. The molecule has 2 N–H and O–H groups in total. The molecule has 0 aromatic heterocycles. The molecule has 0 aromatic carbocycles. The Hall–Kier alpha value is -0.850. The quantitative estimate of drug-likeness (QED) is 0.620. The molecule has 25 heavy (non-hydrogen) atoms. The number of hydrogen-bond donors (Lipinski definition) is 1. The van der Waals surface area contributed by atoms with Crippen LogP contribution in [0.5, 0.6) is 0 Å². The Morgan fingerprint density at radius 2 is 1.92 bits per heavy atom. The highest BCUT2D eigenvalue weighted by molar-refractivity contribution is 5.78. The average molecular weight is 353 g/mol. The zero-order chi connectivity index (χ0) is 17.9. The number of ether oxygens (including phenoxy) is 2. The van der Waals surface area contributed by atoms with E-state index in [9.17, 15) is 0 Å². The number of rotatable bonds is 3. The lowest BCUT2D eigenvalue weighted by Gasteiger charge is -2.51. The molecule has 0 radical (unpaired) electrons. The van der Waals surface area contributed by atoms with Crippen molar-refractivity contribution in [2.24, 2.45) is 10.7 Å². The van der Waals surface area contributed by atoms with Crippen molar-refractivity contribution >= 4 is 5.96 Å². The van der Waals surface area contributed by atoms with E-state index < -0.39 is 0 Å². The van der Waals surface area contributed by atoms with Gasteiger partial charge in [-0.3, -0.25) is 9.89 Å². The molecule has 0 spiro atoms. The highest BCUT2D eigenvalue weighted by Crippen LogP contribution is 2.36. The van der Waals surface area contributed by atoms with Crippen LogP contribution in [0, 0.1) is 0 Å². The molecule has 0 bridgehead atoms. The zero-order valence-corrected chi connectivity index (χ0v) is 16.3. The molecule has 0 amide bonds. The predicted octanol–water partition coefficient (Wildman–Crippen LogP) is 1.84. The van der Waals surface area contributed by atoms with Gasteiger partial charge in [0, 0.05) is 31.7 Å². The van der Waals surface area contributed by atoms with E-state index in [4.69, 9.17) is 20.2 Å². The van der Waals surface area contributed by atoms with Crippen LogP contribution in [-0.4, -0.2) is 78.9 Å². The Kier molecular flexibility index (Phi) is 5.91. The van der Waals surface area contributed by atoms with Gasteiger partial charge >= 0.3 is 0 Å². The Balaban J connectivity index is 1.71. The van der Waals surface area contributed by atoms with Gasteiger partial charge in [0.15, 0.2) is 5.96 Å². The van der Waals surface area contributed by atoms with Crippen LogP contribution in [0.25, 0.3) is 0 Å². The summed E-state index contributed by atoms with van der Waals surface area (Å²) in [7, 11) is 0. The predicted molar refractivity (Wildman–Crippen MR) is 101 cm³/mol. The number of aliphatic imine (C=N–C) groups is 1. The van der Waals surface area contributed by atoms with Crippen LogP contribution >= 0.6 is 0 Å². The Bertz CT molecular complexity index is 474. The lowest BCUT2D eigenvalue weighted by molar-refractivity contribution is -0.121. The van der Waals surface area contributed by atoms with Crippen LogP contribution in [0.1, 0.15) is 52.9 Å². The minimum absolute atomic E-state index is 0.0718. The normalized spacial score (nSPS) is 31.1. The van der Waals surface area contributed by atoms with Crippen LogP contribution in [0.4, 0.5) is 0 Å². The first-order chi connectivity index (χ1) is 11.9. The molecule has 2 saturated heterocycles. The summed E-state index contributed by atoms with van der Waals surface area (Å²) in [5.41, 5.74) is 6.43. The van der Waals surface area contributed by atoms with Crippen molar-refractivity contribution in [1.82, 2.24) is 9.80 Å². The first-order valence-electron chi connectivity index (χ1n) is 9.96. The van der Waals surface area contributed by atoms with E-state index >= 15 is 0 Å². The van der Waals surface area contributed by atoms with E-state index in [-0.39, 0.29) is 17.2 Å². The van der Waals surface area contributed by atoms with Crippen molar-refractivity contribution in [1.29, 1.82) is 0 Å². The van der Waals surface area contributed by atoms with Gasteiger partial charge in [-0.15, -0.1) is 0 Å². The zero-order valence-electron chi connectivity index (χ0n) is 16.3. The van der Waals surface area contributed by atoms with Crippen LogP contribution in [0.15, 0.2) is 4.99 Å². The summed E-state index contributed by atoms with van der Waals surface area (Å²) in [5.74, 6) is 0.688. The third kappa shape index (κ3) is 4.66. The molecular formula is C19H36N4O2. The van der Waals surface area contributed by atoms with E-state index in [0.29, 0.717) is 5.96 Å². The number of hydrogen-bond acceptors (Lipinski definition) is 4. The highest BCUT2D eigenvalue weighted by atomic mass is 16.5. The van der Waals surface area contributed by atoms with Crippen LogP contribution in [0.3, 0.4) is 0 Å². The molecule has 3 aliphatic rings. The Morgan fingerprint density at radius 3 is 2.60 bits per heavy atom. The molecule has 2 heterocycles. The van der Waals surface area contributed by atoms with E-state index in [1.54, 1.807) is 0 Å². The molecule has 6 heteroatoms. The second-order valence-electron chi connectivity index (χ2n) is 8.62. The van der Waals surface area contributed by atoms with Crippen molar-refractivity contribution in [3.63, 3.8) is 0 Å². The largest absolute Gasteiger partial charge is 0.375 e. The molecule has 2 aliphatic heterocycles. The second-order valence-corrected chi connectivity index (χ2v) is 8.62. The number of nitrogens with two attached hydrogens (primary N) is 1.